The standard InChI is InChI=1S/C39H60O4/c1-28(2)16-11-17-29(3)18-12-19-30(4)20-13-21-31(5)22-14-23-32(6)24-15-25-33(7)26-27-35-34(8)36(40)38(42-9)39(43-10)37(35)41/h16,18,20,22,24,26,40-41H,11-15,17,19,21,23,25,27H2,1-10H3/b29-18+,30-20+,31-22+,32-24+,33-26+. The summed E-state index contributed by atoms with van der Waals surface area (Å²) >= 11 is 0. The summed E-state index contributed by atoms with van der Waals surface area (Å²) in [4.78, 5) is 0. The van der Waals surface area contributed by atoms with Crippen LogP contribution < -0.4 is 9.47 Å². The topological polar surface area (TPSA) is 58.9 Å². The van der Waals surface area contributed by atoms with E-state index >= 15 is 0 Å². The van der Waals surface area contributed by atoms with Gasteiger partial charge in [0.2, 0.25) is 11.5 Å². The lowest BCUT2D eigenvalue weighted by atomic mass is 9.99. The van der Waals surface area contributed by atoms with Crippen LogP contribution >= 0.6 is 0 Å². The first-order valence-electron chi connectivity index (χ1n) is 16.0. The van der Waals surface area contributed by atoms with Gasteiger partial charge in [0.1, 0.15) is 0 Å². The maximum absolute atomic E-state index is 10.7. The van der Waals surface area contributed by atoms with Gasteiger partial charge in [0.15, 0.2) is 11.5 Å². The van der Waals surface area contributed by atoms with E-state index in [4.69, 9.17) is 9.47 Å². The molecular formula is C39H60O4. The summed E-state index contributed by atoms with van der Waals surface area (Å²) in [5, 5.41) is 21.1. The van der Waals surface area contributed by atoms with Gasteiger partial charge >= 0.3 is 0 Å². The predicted octanol–water partition coefficient (Wildman–Crippen LogP) is 11.6. The lowest BCUT2D eigenvalue weighted by Crippen LogP contribution is -1.98. The summed E-state index contributed by atoms with van der Waals surface area (Å²) in [6.45, 7) is 17.2. The number of allylic oxidation sites excluding steroid dienone is 12. The van der Waals surface area contributed by atoms with Crippen LogP contribution in [-0.2, 0) is 6.42 Å². The minimum atomic E-state index is 0.00697. The van der Waals surface area contributed by atoms with Crippen LogP contribution in [0.5, 0.6) is 23.0 Å². The van der Waals surface area contributed by atoms with E-state index in [-0.39, 0.29) is 23.0 Å². The van der Waals surface area contributed by atoms with E-state index in [1.165, 1.54) is 54.1 Å². The van der Waals surface area contributed by atoms with Crippen LogP contribution in [0.25, 0.3) is 0 Å². The Kier molecular flexibility index (Phi) is 18.2. The first-order valence-corrected chi connectivity index (χ1v) is 16.0. The van der Waals surface area contributed by atoms with Gasteiger partial charge in [-0.25, -0.2) is 0 Å². The molecule has 4 heteroatoms. The van der Waals surface area contributed by atoms with Gasteiger partial charge in [-0.1, -0.05) is 69.9 Å². The van der Waals surface area contributed by atoms with Crippen LogP contribution in [0.1, 0.15) is 124 Å². The van der Waals surface area contributed by atoms with Crippen molar-refractivity contribution in [1.82, 2.24) is 0 Å². The van der Waals surface area contributed by atoms with Crippen LogP contribution in [0.2, 0.25) is 0 Å². The number of hydrogen-bond acceptors (Lipinski definition) is 4. The van der Waals surface area contributed by atoms with Crippen molar-refractivity contribution in [1.29, 1.82) is 0 Å². The van der Waals surface area contributed by atoms with E-state index in [9.17, 15) is 10.2 Å². The van der Waals surface area contributed by atoms with E-state index in [1.54, 1.807) is 6.92 Å². The molecule has 0 aromatic heterocycles. The van der Waals surface area contributed by atoms with E-state index in [0.29, 0.717) is 17.5 Å². The first kappa shape index (κ1) is 37.9. The molecule has 240 valence electrons. The van der Waals surface area contributed by atoms with Gasteiger partial charge < -0.3 is 19.7 Å². The van der Waals surface area contributed by atoms with Crippen molar-refractivity contribution in [2.75, 3.05) is 14.2 Å². The van der Waals surface area contributed by atoms with Crippen LogP contribution in [-0.4, -0.2) is 24.4 Å². The van der Waals surface area contributed by atoms with Gasteiger partial charge in [0.25, 0.3) is 0 Å². The average Bonchev–Trinajstić information content (AvgIpc) is 2.94. The fraction of sp³-hybridized carbons (Fsp3) is 0.538. The zero-order valence-corrected chi connectivity index (χ0v) is 29.0. The number of phenolic OH excluding ortho intramolecular Hbond substituents is 2. The highest BCUT2D eigenvalue weighted by molar-refractivity contribution is 5.66. The quantitative estimate of drug-likeness (QED) is 0.124. The third-order valence-corrected chi connectivity index (χ3v) is 8.01. The van der Waals surface area contributed by atoms with Gasteiger partial charge in [-0.2, -0.15) is 0 Å². The summed E-state index contributed by atoms with van der Waals surface area (Å²) in [5.74, 6) is 0.358. The number of rotatable bonds is 19. The fourth-order valence-corrected chi connectivity index (χ4v) is 5.03. The van der Waals surface area contributed by atoms with Gasteiger partial charge in [-0.3, -0.25) is 0 Å². The molecular weight excluding hydrogens is 532 g/mol. The minimum absolute atomic E-state index is 0.00697. The summed E-state index contributed by atoms with van der Waals surface area (Å²) < 4.78 is 10.5. The first-order chi connectivity index (χ1) is 20.4. The molecule has 0 fully saturated rings. The zero-order chi connectivity index (χ0) is 32.4. The van der Waals surface area contributed by atoms with Crippen molar-refractivity contribution < 1.29 is 19.7 Å². The molecule has 4 nitrogen and oxygen atoms in total. The third kappa shape index (κ3) is 14.7. The lowest BCUT2D eigenvalue weighted by Gasteiger charge is -2.17. The number of methoxy groups -OCH3 is 2. The Labute approximate surface area is 263 Å². The van der Waals surface area contributed by atoms with Crippen LogP contribution in [0.4, 0.5) is 0 Å². The normalized spacial score (nSPS) is 13.4. The molecule has 2 N–H and O–H groups in total. The van der Waals surface area contributed by atoms with Crippen molar-refractivity contribution in [2.24, 2.45) is 0 Å². The Morgan fingerprint density at radius 2 is 0.837 bits per heavy atom. The second kappa shape index (κ2) is 20.7. The Hall–Kier alpha value is -3.14. The highest BCUT2D eigenvalue weighted by atomic mass is 16.5. The molecule has 1 rings (SSSR count). The van der Waals surface area contributed by atoms with Gasteiger partial charge in [-0.15, -0.1) is 0 Å². The average molecular weight is 593 g/mol. The summed E-state index contributed by atoms with van der Waals surface area (Å²) in [6, 6.07) is 0. The van der Waals surface area contributed by atoms with Gasteiger partial charge in [-0.05, 0) is 126 Å². The predicted molar refractivity (Wildman–Crippen MR) is 186 cm³/mol. The molecule has 0 atom stereocenters. The number of hydrogen-bond donors (Lipinski definition) is 2. The molecule has 0 unspecified atom stereocenters. The van der Waals surface area contributed by atoms with Crippen molar-refractivity contribution in [2.45, 2.75) is 126 Å². The second-order valence-electron chi connectivity index (χ2n) is 12.3. The second-order valence-corrected chi connectivity index (χ2v) is 12.3. The van der Waals surface area contributed by atoms with Crippen LogP contribution in [0, 0.1) is 6.92 Å². The van der Waals surface area contributed by atoms with Gasteiger partial charge in [0, 0.05) is 11.1 Å². The third-order valence-electron chi connectivity index (χ3n) is 8.01. The van der Waals surface area contributed by atoms with Crippen molar-refractivity contribution in [3.63, 3.8) is 0 Å². The van der Waals surface area contributed by atoms with E-state index in [1.807, 2.05) is 0 Å². The molecule has 0 aliphatic heterocycles. The molecule has 0 spiro atoms. The number of ether oxygens (including phenoxy) is 2. The minimum Gasteiger partial charge on any atom is -0.504 e. The molecule has 0 saturated heterocycles. The van der Waals surface area contributed by atoms with E-state index in [2.05, 4.69) is 84.9 Å². The highest BCUT2D eigenvalue weighted by Crippen LogP contribution is 2.48. The molecule has 0 aliphatic carbocycles. The lowest BCUT2D eigenvalue weighted by molar-refractivity contribution is 0.314. The van der Waals surface area contributed by atoms with Crippen LogP contribution in [0.15, 0.2) is 69.9 Å². The van der Waals surface area contributed by atoms with E-state index < -0.39 is 0 Å². The molecule has 0 saturated carbocycles. The summed E-state index contributed by atoms with van der Waals surface area (Å²) in [5.41, 5.74) is 9.82. The fourth-order valence-electron chi connectivity index (χ4n) is 5.03. The Balaban J connectivity index is 2.44. The maximum atomic E-state index is 10.7. The number of phenols is 2. The molecule has 0 amide bonds. The van der Waals surface area contributed by atoms with Gasteiger partial charge in [0.05, 0.1) is 14.2 Å². The monoisotopic (exact) mass is 592 g/mol. The Bertz CT molecular complexity index is 1200. The molecule has 1 aromatic rings. The van der Waals surface area contributed by atoms with E-state index in [0.717, 1.165) is 57.8 Å². The Morgan fingerprint density at radius 1 is 0.512 bits per heavy atom. The largest absolute Gasteiger partial charge is 0.504 e. The summed E-state index contributed by atoms with van der Waals surface area (Å²) in [7, 11) is 2.90. The van der Waals surface area contributed by atoms with Crippen LogP contribution in [0.3, 0.4) is 0 Å². The molecule has 0 radical (unpaired) electrons. The Morgan fingerprint density at radius 3 is 1.19 bits per heavy atom. The maximum Gasteiger partial charge on any atom is 0.207 e. The molecule has 43 heavy (non-hydrogen) atoms. The molecule has 0 heterocycles. The molecule has 1 aromatic carbocycles. The highest BCUT2D eigenvalue weighted by Gasteiger charge is 2.22. The van der Waals surface area contributed by atoms with Crippen molar-refractivity contribution >= 4 is 0 Å². The zero-order valence-electron chi connectivity index (χ0n) is 29.0. The van der Waals surface area contributed by atoms with Crippen molar-refractivity contribution in [3.05, 3.63) is 81.0 Å². The smallest absolute Gasteiger partial charge is 0.207 e. The SMILES string of the molecule is COc1c(O)c(C)c(C/C=C(\C)CC/C=C(\C)CC/C=C(\C)CC/C=C(\C)CC/C=C(\C)CCC=C(C)C)c(O)c1OC. The number of aromatic hydroxyl groups is 2. The molecule has 0 aliphatic rings. The summed E-state index contributed by atoms with van der Waals surface area (Å²) in [6.07, 6.45) is 25.5. The molecule has 0 bridgehead atoms. The van der Waals surface area contributed by atoms with Crippen molar-refractivity contribution in [3.8, 4) is 23.0 Å². The number of benzene rings is 1.